The van der Waals surface area contributed by atoms with E-state index in [0.29, 0.717) is 17.4 Å². The number of amides is 1. The lowest BCUT2D eigenvalue weighted by Crippen LogP contribution is -2.48. The summed E-state index contributed by atoms with van der Waals surface area (Å²) in [5, 5.41) is 2.78. The van der Waals surface area contributed by atoms with Crippen molar-refractivity contribution in [2.75, 3.05) is 13.1 Å². The summed E-state index contributed by atoms with van der Waals surface area (Å²) in [6.45, 7) is 4.02. The van der Waals surface area contributed by atoms with Crippen LogP contribution in [-0.2, 0) is 14.8 Å². The van der Waals surface area contributed by atoms with E-state index in [9.17, 15) is 13.2 Å². The number of hydrogen-bond acceptors (Lipinski definition) is 4. The highest BCUT2D eigenvalue weighted by Crippen LogP contribution is 2.32. The Morgan fingerprint density at radius 3 is 2.80 bits per heavy atom. The second kappa shape index (κ2) is 6.01. The first-order chi connectivity index (χ1) is 9.30. The molecule has 1 aliphatic heterocycles. The van der Waals surface area contributed by atoms with Crippen molar-refractivity contribution in [1.29, 1.82) is 0 Å². The predicted octanol–water partition coefficient (Wildman–Crippen LogP) is 2.00. The van der Waals surface area contributed by atoms with Gasteiger partial charge in [-0.15, -0.1) is 11.3 Å². The minimum atomic E-state index is -3.52. The number of nitrogens with zero attached hydrogens (tertiary/aromatic N) is 1. The smallest absolute Gasteiger partial charge is 0.252 e. The number of carbonyl (C=O) groups excluding carboxylic acids is 1. The molecule has 1 saturated heterocycles. The summed E-state index contributed by atoms with van der Waals surface area (Å²) in [7, 11) is -3.52. The van der Waals surface area contributed by atoms with E-state index in [2.05, 4.69) is 5.32 Å². The van der Waals surface area contributed by atoms with E-state index >= 15 is 0 Å². The van der Waals surface area contributed by atoms with Gasteiger partial charge < -0.3 is 5.32 Å². The Balaban J connectivity index is 2.19. The van der Waals surface area contributed by atoms with Crippen LogP contribution in [0.2, 0.25) is 4.34 Å². The lowest BCUT2D eigenvalue weighted by Gasteiger charge is -2.31. The molecule has 0 aliphatic carbocycles. The standard InChI is InChI=1S/C12H17ClN2O3S2/c1-8-6-11(19-12(8)13)20(17,18)15-5-3-4-10(7-15)14-9(2)16/h6,10H,3-5,7H2,1-2H3,(H,14,16)/t10-/m1/s1. The molecule has 2 heterocycles. The molecule has 20 heavy (non-hydrogen) atoms. The van der Waals surface area contributed by atoms with Gasteiger partial charge in [0.15, 0.2) is 0 Å². The second-order valence-corrected chi connectivity index (χ2v) is 8.74. The first-order valence-electron chi connectivity index (χ1n) is 6.34. The first kappa shape index (κ1) is 15.8. The van der Waals surface area contributed by atoms with Crippen molar-refractivity contribution in [1.82, 2.24) is 9.62 Å². The molecule has 0 unspecified atom stereocenters. The van der Waals surface area contributed by atoms with Crippen LogP contribution < -0.4 is 5.32 Å². The molecule has 8 heteroatoms. The topological polar surface area (TPSA) is 66.5 Å². The van der Waals surface area contributed by atoms with Gasteiger partial charge >= 0.3 is 0 Å². The molecular weight excluding hydrogens is 320 g/mol. The Morgan fingerprint density at radius 2 is 2.25 bits per heavy atom. The summed E-state index contributed by atoms with van der Waals surface area (Å²) in [4.78, 5) is 11.1. The molecular formula is C12H17ClN2O3S2. The van der Waals surface area contributed by atoms with Crippen molar-refractivity contribution in [2.24, 2.45) is 0 Å². The fourth-order valence-electron chi connectivity index (χ4n) is 2.25. The molecule has 5 nitrogen and oxygen atoms in total. The van der Waals surface area contributed by atoms with Crippen molar-refractivity contribution >= 4 is 38.9 Å². The van der Waals surface area contributed by atoms with Crippen LogP contribution in [0.4, 0.5) is 0 Å². The molecule has 112 valence electrons. The molecule has 0 radical (unpaired) electrons. The lowest BCUT2D eigenvalue weighted by atomic mass is 10.1. The minimum absolute atomic E-state index is 0.118. The molecule has 0 spiro atoms. The average molecular weight is 337 g/mol. The van der Waals surface area contributed by atoms with Gasteiger partial charge in [-0.25, -0.2) is 8.42 Å². The highest BCUT2D eigenvalue weighted by molar-refractivity contribution is 7.91. The SMILES string of the molecule is CC(=O)N[C@@H]1CCCN(S(=O)(=O)c2cc(C)c(Cl)s2)C1. The maximum Gasteiger partial charge on any atom is 0.252 e. The number of sulfonamides is 1. The maximum absolute atomic E-state index is 12.5. The summed E-state index contributed by atoms with van der Waals surface area (Å²) in [5.41, 5.74) is 0.769. The number of hydrogen-bond donors (Lipinski definition) is 1. The van der Waals surface area contributed by atoms with Gasteiger partial charge in [0.1, 0.15) is 4.21 Å². The molecule has 0 bridgehead atoms. The summed E-state index contributed by atoms with van der Waals surface area (Å²) in [6, 6.07) is 1.48. The normalized spacial score (nSPS) is 20.9. The third-order valence-electron chi connectivity index (χ3n) is 3.22. The molecule has 1 aromatic heterocycles. The molecule has 1 aliphatic rings. The quantitative estimate of drug-likeness (QED) is 0.918. The van der Waals surface area contributed by atoms with Crippen LogP contribution in [0, 0.1) is 6.92 Å². The molecule has 1 atom stereocenters. The zero-order valence-corrected chi connectivity index (χ0v) is 13.7. The number of piperidine rings is 1. The van der Waals surface area contributed by atoms with E-state index in [0.717, 1.165) is 29.7 Å². The minimum Gasteiger partial charge on any atom is -0.352 e. The number of rotatable bonds is 3. The van der Waals surface area contributed by atoms with Crippen molar-refractivity contribution < 1.29 is 13.2 Å². The fraction of sp³-hybridized carbons (Fsp3) is 0.583. The van der Waals surface area contributed by atoms with Gasteiger partial charge in [-0.3, -0.25) is 4.79 Å². The van der Waals surface area contributed by atoms with Gasteiger partial charge in [-0.1, -0.05) is 11.6 Å². The third kappa shape index (κ3) is 3.33. The van der Waals surface area contributed by atoms with Gasteiger partial charge in [0.25, 0.3) is 10.0 Å². The Hall–Kier alpha value is -0.630. The van der Waals surface area contributed by atoms with Gasteiger partial charge in [0, 0.05) is 26.1 Å². The van der Waals surface area contributed by atoms with Gasteiger partial charge in [-0.2, -0.15) is 4.31 Å². The highest BCUT2D eigenvalue weighted by atomic mass is 35.5. The lowest BCUT2D eigenvalue weighted by molar-refractivity contribution is -0.119. The van der Waals surface area contributed by atoms with E-state index in [1.165, 1.54) is 11.2 Å². The van der Waals surface area contributed by atoms with Gasteiger partial charge in [0.05, 0.1) is 4.34 Å². The molecule has 1 N–H and O–H groups in total. The number of carbonyl (C=O) groups is 1. The van der Waals surface area contributed by atoms with Crippen molar-refractivity contribution in [2.45, 2.75) is 36.9 Å². The van der Waals surface area contributed by atoms with Gasteiger partial charge in [0.2, 0.25) is 5.91 Å². The molecule has 1 aromatic rings. The van der Waals surface area contributed by atoms with Crippen LogP contribution in [0.3, 0.4) is 0 Å². The summed E-state index contributed by atoms with van der Waals surface area (Å²) < 4.78 is 27.3. The molecule has 0 saturated carbocycles. The van der Waals surface area contributed by atoms with Crippen LogP contribution in [0.1, 0.15) is 25.3 Å². The zero-order valence-electron chi connectivity index (χ0n) is 11.3. The number of aryl methyl sites for hydroxylation is 1. The van der Waals surface area contributed by atoms with Crippen LogP contribution >= 0.6 is 22.9 Å². The second-order valence-electron chi connectivity index (χ2n) is 4.92. The van der Waals surface area contributed by atoms with E-state index in [-0.39, 0.29) is 16.2 Å². The summed E-state index contributed by atoms with van der Waals surface area (Å²) in [5.74, 6) is -0.135. The molecule has 1 fully saturated rings. The Bertz CT molecular complexity index is 593. The monoisotopic (exact) mass is 336 g/mol. The van der Waals surface area contributed by atoms with Crippen LogP contribution in [-0.4, -0.2) is 37.8 Å². The maximum atomic E-state index is 12.5. The molecule has 2 rings (SSSR count). The van der Waals surface area contributed by atoms with Crippen molar-refractivity contribution in [3.63, 3.8) is 0 Å². The fourth-order valence-corrected chi connectivity index (χ4v) is 5.64. The summed E-state index contributed by atoms with van der Waals surface area (Å²) >= 11 is 7.03. The number of thiophene rings is 1. The zero-order chi connectivity index (χ0) is 14.9. The Labute approximate surface area is 128 Å². The number of halogens is 1. The van der Waals surface area contributed by atoms with Crippen LogP contribution in [0.5, 0.6) is 0 Å². The van der Waals surface area contributed by atoms with Crippen LogP contribution in [0.15, 0.2) is 10.3 Å². The van der Waals surface area contributed by atoms with E-state index in [1.54, 1.807) is 13.0 Å². The summed E-state index contributed by atoms with van der Waals surface area (Å²) in [6.07, 6.45) is 1.54. The van der Waals surface area contributed by atoms with Crippen molar-refractivity contribution in [3.8, 4) is 0 Å². The van der Waals surface area contributed by atoms with E-state index in [4.69, 9.17) is 11.6 Å². The number of nitrogens with one attached hydrogen (secondary N) is 1. The first-order valence-corrected chi connectivity index (χ1v) is 8.97. The van der Waals surface area contributed by atoms with Crippen LogP contribution in [0.25, 0.3) is 0 Å². The largest absolute Gasteiger partial charge is 0.352 e. The van der Waals surface area contributed by atoms with Crippen molar-refractivity contribution in [3.05, 3.63) is 16.0 Å². The average Bonchev–Trinajstić information content (AvgIpc) is 2.70. The third-order valence-corrected chi connectivity index (χ3v) is 7.09. The predicted molar refractivity (Wildman–Crippen MR) is 79.7 cm³/mol. The molecule has 1 amide bonds. The highest BCUT2D eigenvalue weighted by Gasteiger charge is 2.31. The van der Waals surface area contributed by atoms with E-state index < -0.39 is 10.0 Å². The Morgan fingerprint density at radius 1 is 1.55 bits per heavy atom. The van der Waals surface area contributed by atoms with E-state index in [1.807, 2.05) is 0 Å². The molecule has 0 aromatic carbocycles. The van der Waals surface area contributed by atoms with Gasteiger partial charge in [-0.05, 0) is 31.4 Å². The Kier molecular flexibility index (Phi) is 4.73.